The van der Waals surface area contributed by atoms with Crippen molar-refractivity contribution in [3.05, 3.63) is 71.8 Å². The summed E-state index contributed by atoms with van der Waals surface area (Å²) in [5.74, 6) is -0.237. The maximum atomic E-state index is 12.9. The van der Waals surface area contributed by atoms with Gasteiger partial charge in [-0.25, -0.2) is 4.79 Å². The highest BCUT2D eigenvalue weighted by Crippen LogP contribution is 2.36. The lowest BCUT2D eigenvalue weighted by atomic mass is 9.83. The average molecular weight is 392 g/mol. The van der Waals surface area contributed by atoms with E-state index >= 15 is 0 Å². The smallest absolute Gasteiger partial charge is 0.315 e. The second-order valence-corrected chi connectivity index (χ2v) is 5.45. The molecule has 1 aliphatic heterocycles. The van der Waals surface area contributed by atoms with Crippen LogP contribution in [-0.4, -0.2) is 21.4 Å². The van der Waals surface area contributed by atoms with Gasteiger partial charge in [-0.15, -0.1) is 0 Å². The number of rotatable bonds is 3. The first kappa shape index (κ1) is 14.1. The number of alkyl halides is 1. The molecule has 0 radical (unpaired) electrons. The van der Waals surface area contributed by atoms with Crippen molar-refractivity contribution in [3.8, 4) is 0 Å². The summed E-state index contributed by atoms with van der Waals surface area (Å²) in [6, 6.07) is 18.3. The van der Waals surface area contributed by atoms with E-state index in [1.807, 2.05) is 83.3 Å². The summed E-state index contributed by atoms with van der Waals surface area (Å²) >= 11 is 2.02. The fraction of sp³-hybridized carbons (Fsp3) is 0.125. The quantitative estimate of drug-likeness (QED) is 0.378. The minimum absolute atomic E-state index is 0.237. The van der Waals surface area contributed by atoms with Crippen LogP contribution < -0.4 is 5.32 Å². The van der Waals surface area contributed by atoms with E-state index in [0.717, 1.165) is 11.1 Å². The third-order valence-corrected chi connectivity index (χ3v) is 4.32. The summed E-state index contributed by atoms with van der Waals surface area (Å²) in [4.78, 5) is 26.3. The molecule has 1 saturated heterocycles. The summed E-state index contributed by atoms with van der Waals surface area (Å²) in [7, 11) is 0. The molecule has 2 aromatic rings. The van der Waals surface area contributed by atoms with Crippen LogP contribution in [0, 0.1) is 0 Å². The molecular weight excluding hydrogens is 379 g/mol. The van der Waals surface area contributed by atoms with Crippen LogP contribution in [0.15, 0.2) is 60.7 Å². The molecule has 1 heterocycles. The first-order chi connectivity index (χ1) is 10.2. The largest absolute Gasteiger partial charge is 0.326 e. The number of benzene rings is 2. The summed E-state index contributed by atoms with van der Waals surface area (Å²) in [5.41, 5.74) is 0.397. The molecule has 4 nitrogen and oxygen atoms in total. The van der Waals surface area contributed by atoms with Crippen molar-refractivity contribution >= 4 is 34.5 Å². The summed E-state index contributed by atoms with van der Waals surface area (Å²) in [6.45, 7) is 0. The number of amides is 3. The number of carbonyl (C=O) groups excluding carboxylic acids is 2. The van der Waals surface area contributed by atoms with Crippen molar-refractivity contribution in [2.24, 2.45) is 0 Å². The number of nitrogens with one attached hydrogen (secondary N) is 1. The average Bonchev–Trinajstić information content (AvgIpc) is 2.80. The summed E-state index contributed by atoms with van der Waals surface area (Å²) < 4.78 is 0.323. The maximum Gasteiger partial charge on any atom is 0.326 e. The van der Waals surface area contributed by atoms with Gasteiger partial charge in [0.25, 0.3) is 5.91 Å². The van der Waals surface area contributed by atoms with Gasteiger partial charge in [-0.3, -0.25) is 9.69 Å². The van der Waals surface area contributed by atoms with Crippen LogP contribution in [0.1, 0.15) is 11.1 Å². The Morgan fingerprint density at radius 3 is 1.76 bits per heavy atom. The van der Waals surface area contributed by atoms with Crippen molar-refractivity contribution in [1.29, 1.82) is 0 Å². The fourth-order valence-electron chi connectivity index (χ4n) is 2.62. The van der Waals surface area contributed by atoms with E-state index in [9.17, 15) is 9.59 Å². The molecule has 0 bridgehead atoms. The number of urea groups is 1. The zero-order valence-electron chi connectivity index (χ0n) is 11.1. The Bertz CT molecular complexity index is 634. The standard InChI is InChI=1S/C16H13IN2O2/c17-11-19-14(20)16(18-15(19)21,12-7-3-1-4-8-12)13-9-5-2-6-10-13/h1-10H,11H2,(H,18,21). The second kappa shape index (κ2) is 5.48. The van der Waals surface area contributed by atoms with Crippen LogP contribution in [0.3, 0.4) is 0 Å². The molecule has 0 aromatic heterocycles. The molecule has 1 fully saturated rings. The van der Waals surface area contributed by atoms with Gasteiger partial charge in [0, 0.05) is 0 Å². The van der Waals surface area contributed by atoms with E-state index in [0.29, 0.717) is 4.55 Å². The fourth-order valence-corrected chi connectivity index (χ4v) is 3.24. The Morgan fingerprint density at radius 1 is 0.905 bits per heavy atom. The van der Waals surface area contributed by atoms with Gasteiger partial charge in [-0.05, 0) is 11.1 Å². The number of halogens is 1. The minimum atomic E-state index is -1.13. The molecule has 0 spiro atoms. The van der Waals surface area contributed by atoms with E-state index in [1.165, 1.54) is 4.90 Å². The normalized spacial score (nSPS) is 16.9. The Balaban J connectivity index is 2.23. The monoisotopic (exact) mass is 392 g/mol. The van der Waals surface area contributed by atoms with Crippen molar-refractivity contribution in [3.63, 3.8) is 0 Å². The van der Waals surface area contributed by atoms with Crippen LogP contribution in [0.5, 0.6) is 0 Å². The number of hydrogen-bond donors (Lipinski definition) is 1. The van der Waals surface area contributed by atoms with Crippen LogP contribution >= 0.6 is 22.6 Å². The molecular formula is C16H13IN2O2. The van der Waals surface area contributed by atoms with Crippen LogP contribution in [0.4, 0.5) is 4.79 Å². The maximum absolute atomic E-state index is 12.9. The van der Waals surface area contributed by atoms with Gasteiger partial charge in [0.05, 0.1) is 4.55 Å². The Morgan fingerprint density at radius 2 is 1.38 bits per heavy atom. The molecule has 5 heteroatoms. The molecule has 3 amide bonds. The molecule has 2 aromatic carbocycles. The Kier molecular flexibility index (Phi) is 3.67. The highest BCUT2D eigenvalue weighted by molar-refractivity contribution is 14.1. The van der Waals surface area contributed by atoms with Crippen molar-refractivity contribution in [2.45, 2.75) is 5.54 Å². The number of nitrogens with zero attached hydrogens (tertiary/aromatic N) is 1. The lowest BCUT2D eigenvalue weighted by Gasteiger charge is -2.27. The van der Waals surface area contributed by atoms with Crippen molar-refractivity contribution in [2.75, 3.05) is 4.55 Å². The Hall–Kier alpha value is -1.89. The SMILES string of the molecule is O=C1NC(c2ccccc2)(c2ccccc2)C(=O)N1CI. The zero-order valence-corrected chi connectivity index (χ0v) is 13.3. The van der Waals surface area contributed by atoms with Gasteiger partial charge in [-0.2, -0.15) is 0 Å². The zero-order chi connectivity index (χ0) is 14.9. The topological polar surface area (TPSA) is 49.4 Å². The summed E-state index contributed by atoms with van der Waals surface area (Å²) in [6.07, 6.45) is 0. The van der Waals surface area contributed by atoms with Gasteiger partial charge < -0.3 is 5.32 Å². The number of hydrogen-bond acceptors (Lipinski definition) is 2. The molecule has 1 N–H and O–H groups in total. The van der Waals surface area contributed by atoms with E-state index in [-0.39, 0.29) is 11.9 Å². The molecule has 0 saturated carbocycles. The van der Waals surface area contributed by atoms with Gasteiger partial charge in [-0.1, -0.05) is 83.3 Å². The van der Waals surface area contributed by atoms with E-state index in [4.69, 9.17) is 0 Å². The van der Waals surface area contributed by atoms with E-state index in [2.05, 4.69) is 5.32 Å². The number of imide groups is 1. The molecule has 1 aliphatic rings. The van der Waals surface area contributed by atoms with Crippen molar-refractivity contribution in [1.82, 2.24) is 10.2 Å². The highest BCUT2D eigenvalue weighted by atomic mass is 127. The first-order valence-electron chi connectivity index (χ1n) is 6.51. The lowest BCUT2D eigenvalue weighted by Crippen LogP contribution is -2.45. The van der Waals surface area contributed by atoms with E-state index in [1.54, 1.807) is 0 Å². The third kappa shape index (κ3) is 2.12. The van der Waals surface area contributed by atoms with Gasteiger partial charge in [0.2, 0.25) is 0 Å². The van der Waals surface area contributed by atoms with Crippen LogP contribution in [-0.2, 0) is 10.3 Å². The molecule has 3 rings (SSSR count). The number of carbonyl (C=O) groups is 2. The predicted molar refractivity (Wildman–Crippen MR) is 87.9 cm³/mol. The Labute approximate surface area is 136 Å². The van der Waals surface area contributed by atoms with E-state index < -0.39 is 5.54 Å². The van der Waals surface area contributed by atoms with Crippen LogP contribution in [0.2, 0.25) is 0 Å². The van der Waals surface area contributed by atoms with Gasteiger partial charge in [0.1, 0.15) is 0 Å². The van der Waals surface area contributed by atoms with Gasteiger partial charge >= 0.3 is 6.03 Å². The third-order valence-electron chi connectivity index (χ3n) is 3.64. The molecule has 0 unspecified atom stereocenters. The predicted octanol–water partition coefficient (Wildman–Crippen LogP) is 2.87. The molecule has 0 aliphatic carbocycles. The van der Waals surface area contributed by atoms with Gasteiger partial charge in [0.15, 0.2) is 5.54 Å². The minimum Gasteiger partial charge on any atom is -0.315 e. The highest BCUT2D eigenvalue weighted by Gasteiger charge is 2.53. The summed E-state index contributed by atoms with van der Waals surface area (Å²) in [5, 5.41) is 2.88. The lowest BCUT2D eigenvalue weighted by molar-refractivity contribution is -0.129. The van der Waals surface area contributed by atoms with Crippen LogP contribution in [0.25, 0.3) is 0 Å². The molecule has 106 valence electrons. The molecule has 0 atom stereocenters. The first-order valence-corrected chi connectivity index (χ1v) is 8.04. The van der Waals surface area contributed by atoms with Crippen molar-refractivity contribution < 1.29 is 9.59 Å². The molecule has 21 heavy (non-hydrogen) atoms. The second-order valence-electron chi connectivity index (χ2n) is 4.76.